The van der Waals surface area contributed by atoms with E-state index in [1.165, 1.54) is 31.2 Å². The SMILES string of the molecule is CC(=O)Oc1cc2c(cc1OC(=O)/C=C/c1ccc(O)c(C)c1)OCO2. The van der Waals surface area contributed by atoms with Gasteiger partial charge in [-0.25, -0.2) is 4.79 Å². The van der Waals surface area contributed by atoms with E-state index in [1.807, 2.05) is 0 Å². The average Bonchev–Trinajstić information content (AvgIpc) is 3.03. The fourth-order valence-corrected chi connectivity index (χ4v) is 2.31. The van der Waals surface area contributed by atoms with E-state index in [9.17, 15) is 14.7 Å². The van der Waals surface area contributed by atoms with Crippen molar-refractivity contribution in [1.82, 2.24) is 0 Å². The average molecular weight is 356 g/mol. The standard InChI is InChI=1S/C19H16O7/c1-11-7-13(3-5-14(11)21)4-6-19(22)26-18-9-16-15(23-10-24-16)8-17(18)25-12(2)20/h3-9,21H,10H2,1-2H3/b6-4+. The van der Waals surface area contributed by atoms with Crippen LogP contribution < -0.4 is 18.9 Å². The molecule has 0 aliphatic carbocycles. The number of fused-ring (bicyclic) bond motifs is 1. The number of hydrogen-bond acceptors (Lipinski definition) is 7. The van der Waals surface area contributed by atoms with E-state index in [0.717, 1.165) is 5.56 Å². The smallest absolute Gasteiger partial charge is 0.336 e. The van der Waals surface area contributed by atoms with E-state index in [-0.39, 0.29) is 24.0 Å². The quantitative estimate of drug-likeness (QED) is 0.511. The summed E-state index contributed by atoms with van der Waals surface area (Å²) in [5.41, 5.74) is 1.41. The van der Waals surface area contributed by atoms with Crippen LogP contribution in [0.15, 0.2) is 36.4 Å². The van der Waals surface area contributed by atoms with Crippen LogP contribution in [0.1, 0.15) is 18.1 Å². The molecule has 0 spiro atoms. The number of phenolic OH excluding ortho intramolecular Hbond substituents is 1. The van der Waals surface area contributed by atoms with Gasteiger partial charge in [0.05, 0.1) is 0 Å². The topological polar surface area (TPSA) is 91.3 Å². The van der Waals surface area contributed by atoms with Crippen LogP contribution in [-0.4, -0.2) is 23.8 Å². The van der Waals surface area contributed by atoms with Crippen LogP contribution in [0.4, 0.5) is 0 Å². The summed E-state index contributed by atoms with van der Waals surface area (Å²) < 4.78 is 20.8. The number of aromatic hydroxyl groups is 1. The van der Waals surface area contributed by atoms with Gasteiger partial charge < -0.3 is 24.1 Å². The molecule has 0 amide bonds. The molecule has 7 nitrogen and oxygen atoms in total. The summed E-state index contributed by atoms with van der Waals surface area (Å²) in [6.07, 6.45) is 2.78. The lowest BCUT2D eigenvalue weighted by Crippen LogP contribution is -2.08. The van der Waals surface area contributed by atoms with Crippen LogP contribution in [0.5, 0.6) is 28.7 Å². The lowest BCUT2D eigenvalue weighted by Gasteiger charge is -2.09. The second kappa shape index (κ2) is 7.18. The van der Waals surface area contributed by atoms with Crippen LogP contribution in [0.25, 0.3) is 6.08 Å². The summed E-state index contributed by atoms with van der Waals surface area (Å²) >= 11 is 0. The predicted octanol–water partition coefficient (Wildman–Crippen LogP) is 2.97. The monoisotopic (exact) mass is 356 g/mol. The first-order chi connectivity index (χ1) is 12.4. The third-order valence-electron chi connectivity index (χ3n) is 3.54. The number of esters is 2. The van der Waals surface area contributed by atoms with Crippen molar-refractivity contribution in [2.75, 3.05) is 6.79 Å². The summed E-state index contributed by atoms with van der Waals surface area (Å²) in [5, 5.41) is 9.52. The fraction of sp³-hybridized carbons (Fsp3) is 0.158. The fourth-order valence-electron chi connectivity index (χ4n) is 2.31. The van der Waals surface area contributed by atoms with Crippen LogP contribution in [0, 0.1) is 6.92 Å². The van der Waals surface area contributed by atoms with Gasteiger partial charge in [0.15, 0.2) is 23.0 Å². The van der Waals surface area contributed by atoms with Gasteiger partial charge in [-0.05, 0) is 36.3 Å². The summed E-state index contributed by atoms with van der Waals surface area (Å²) in [6, 6.07) is 7.79. The van der Waals surface area contributed by atoms with Gasteiger partial charge in [-0.3, -0.25) is 4.79 Å². The molecule has 2 aromatic carbocycles. The summed E-state index contributed by atoms with van der Waals surface area (Å²) in [7, 11) is 0. The van der Waals surface area contributed by atoms with Crippen LogP contribution in [0.2, 0.25) is 0 Å². The number of ether oxygens (including phenoxy) is 4. The van der Waals surface area contributed by atoms with Crippen molar-refractivity contribution in [1.29, 1.82) is 0 Å². The molecule has 0 atom stereocenters. The van der Waals surface area contributed by atoms with Crippen LogP contribution >= 0.6 is 0 Å². The molecule has 0 saturated carbocycles. The number of rotatable bonds is 4. The molecular weight excluding hydrogens is 340 g/mol. The predicted molar refractivity (Wildman–Crippen MR) is 91.4 cm³/mol. The van der Waals surface area contributed by atoms with Gasteiger partial charge in [-0.1, -0.05) is 6.07 Å². The van der Waals surface area contributed by atoms with Crippen LogP contribution in [0.3, 0.4) is 0 Å². The molecule has 7 heteroatoms. The normalized spacial score (nSPS) is 12.2. The molecule has 0 radical (unpaired) electrons. The number of hydrogen-bond donors (Lipinski definition) is 1. The van der Waals surface area contributed by atoms with Gasteiger partial charge in [0, 0.05) is 25.1 Å². The molecule has 0 fully saturated rings. The molecule has 1 aliphatic rings. The Morgan fingerprint density at radius 3 is 2.35 bits per heavy atom. The minimum Gasteiger partial charge on any atom is -0.508 e. The minimum absolute atomic E-state index is 0.0341. The largest absolute Gasteiger partial charge is 0.508 e. The zero-order valence-electron chi connectivity index (χ0n) is 14.1. The maximum absolute atomic E-state index is 12.1. The van der Waals surface area contributed by atoms with Gasteiger partial charge in [0.25, 0.3) is 0 Å². The van der Waals surface area contributed by atoms with Crippen molar-refractivity contribution in [2.24, 2.45) is 0 Å². The van der Waals surface area contributed by atoms with E-state index in [0.29, 0.717) is 17.1 Å². The molecule has 1 N–H and O–H groups in total. The van der Waals surface area contributed by atoms with Crippen molar-refractivity contribution in [2.45, 2.75) is 13.8 Å². The third-order valence-corrected chi connectivity index (χ3v) is 3.54. The molecule has 0 aromatic heterocycles. The number of aryl methyl sites for hydroxylation is 1. The number of benzene rings is 2. The Labute approximate surface area is 149 Å². The maximum atomic E-state index is 12.1. The van der Waals surface area contributed by atoms with Crippen molar-refractivity contribution >= 4 is 18.0 Å². The highest BCUT2D eigenvalue weighted by Crippen LogP contribution is 2.42. The zero-order valence-corrected chi connectivity index (χ0v) is 14.1. The molecule has 1 heterocycles. The zero-order chi connectivity index (χ0) is 18.7. The van der Waals surface area contributed by atoms with E-state index in [1.54, 1.807) is 25.1 Å². The highest BCUT2D eigenvalue weighted by molar-refractivity contribution is 5.89. The summed E-state index contributed by atoms with van der Waals surface area (Å²) in [5.74, 6) is -0.154. The third kappa shape index (κ3) is 3.94. The molecule has 134 valence electrons. The molecule has 0 saturated heterocycles. The second-order valence-corrected chi connectivity index (χ2v) is 5.55. The number of phenols is 1. The van der Waals surface area contributed by atoms with E-state index >= 15 is 0 Å². The van der Waals surface area contributed by atoms with Gasteiger partial charge >= 0.3 is 11.9 Å². The highest BCUT2D eigenvalue weighted by Gasteiger charge is 2.21. The van der Waals surface area contributed by atoms with Crippen molar-refractivity contribution in [3.8, 4) is 28.7 Å². The molecule has 2 aromatic rings. The van der Waals surface area contributed by atoms with Gasteiger partial charge in [-0.2, -0.15) is 0 Å². The van der Waals surface area contributed by atoms with Crippen molar-refractivity contribution < 1.29 is 33.6 Å². The molecule has 0 unspecified atom stereocenters. The first-order valence-corrected chi connectivity index (χ1v) is 7.74. The molecule has 26 heavy (non-hydrogen) atoms. The second-order valence-electron chi connectivity index (χ2n) is 5.55. The summed E-state index contributed by atoms with van der Waals surface area (Å²) in [6.45, 7) is 3.03. The Balaban J connectivity index is 1.78. The maximum Gasteiger partial charge on any atom is 0.336 e. The van der Waals surface area contributed by atoms with Gasteiger partial charge in [-0.15, -0.1) is 0 Å². The van der Waals surface area contributed by atoms with Crippen LogP contribution in [-0.2, 0) is 9.59 Å². The number of carbonyl (C=O) groups excluding carboxylic acids is 2. The number of carbonyl (C=O) groups is 2. The Hall–Kier alpha value is -3.48. The lowest BCUT2D eigenvalue weighted by molar-refractivity contribution is -0.133. The Morgan fingerprint density at radius 1 is 1.08 bits per heavy atom. The Morgan fingerprint density at radius 2 is 1.73 bits per heavy atom. The highest BCUT2D eigenvalue weighted by atomic mass is 16.7. The molecule has 0 bridgehead atoms. The summed E-state index contributed by atoms with van der Waals surface area (Å²) in [4.78, 5) is 23.4. The van der Waals surface area contributed by atoms with Crippen molar-refractivity contribution in [3.63, 3.8) is 0 Å². The Bertz CT molecular complexity index is 899. The lowest BCUT2D eigenvalue weighted by atomic mass is 10.1. The van der Waals surface area contributed by atoms with E-state index in [4.69, 9.17) is 18.9 Å². The van der Waals surface area contributed by atoms with E-state index < -0.39 is 11.9 Å². The first-order valence-electron chi connectivity index (χ1n) is 7.74. The first kappa shape index (κ1) is 17.3. The van der Waals surface area contributed by atoms with Gasteiger partial charge in [0.2, 0.25) is 6.79 Å². The Kier molecular flexibility index (Phi) is 4.79. The molecule has 3 rings (SSSR count). The molecule has 1 aliphatic heterocycles. The molecular formula is C19H16O7. The van der Waals surface area contributed by atoms with Gasteiger partial charge in [0.1, 0.15) is 5.75 Å². The van der Waals surface area contributed by atoms with E-state index in [2.05, 4.69) is 0 Å². The van der Waals surface area contributed by atoms with Crippen molar-refractivity contribution in [3.05, 3.63) is 47.5 Å². The minimum atomic E-state index is -0.664.